The average molecular weight is 318 g/mol. The van der Waals surface area contributed by atoms with Crippen molar-refractivity contribution in [2.45, 2.75) is 6.18 Å². The zero-order chi connectivity index (χ0) is 16.7. The highest BCUT2D eigenvalue weighted by molar-refractivity contribution is 5.39. The Kier molecular flexibility index (Phi) is 3.82. The summed E-state index contributed by atoms with van der Waals surface area (Å²) < 4.78 is 57.4. The second kappa shape index (κ2) is 5.32. The van der Waals surface area contributed by atoms with E-state index >= 15 is 0 Å². The summed E-state index contributed by atoms with van der Waals surface area (Å²) in [5.74, 6) is -0.837. The van der Waals surface area contributed by atoms with Crippen molar-refractivity contribution in [1.82, 2.24) is 9.13 Å². The van der Waals surface area contributed by atoms with Crippen molar-refractivity contribution in [2.75, 3.05) is 7.11 Å². The molecule has 1 aromatic carbocycles. The first kappa shape index (κ1) is 15.8. The van der Waals surface area contributed by atoms with Crippen molar-refractivity contribution in [3.63, 3.8) is 0 Å². The highest BCUT2D eigenvalue weighted by atomic mass is 19.4. The van der Waals surface area contributed by atoms with Gasteiger partial charge in [0.1, 0.15) is 11.4 Å². The molecule has 5 nitrogen and oxygen atoms in total. The summed E-state index contributed by atoms with van der Waals surface area (Å²) in [5.41, 5.74) is -4.45. The largest absolute Gasteiger partial charge is 0.497 e. The lowest BCUT2D eigenvalue weighted by atomic mass is 10.2. The van der Waals surface area contributed by atoms with Crippen LogP contribution in [0.1, 0.15) is 5.69 Å². The van der Waals surface area contributed by atoms with E-state index in [0.29, 0.717) is 4.57 Å². The summed E-state index contributed by atoms with van der Waals surface area (Å²) in [6.45, 7) is 0. The Balaban J connectivity index is 2.76. The van der Waals surface area contributed by atoms with Crippen molar-refractivity contribution in [1.29, 1.82) is 0 Å². The number of benzene rings is 1. The first-order chi connectivity index (χ1) is 10.2. The van der Waals surface area contributed by atoms with E-state index in [1.807, 2.05) is 0 Å². The van der Waals surface area contributed by atoms with Crippen LogP contribution in [0.15, 0.2) is 33.9 Å². The fourth-order valence-corrected chi connectivity index (χ4v) is 1.92. The fourth-order valence-electron chi connectivity index (χ4n) is 1.92. The number of halogens is 4. The average Bonchev–Trinajstić information content (AvgIpc) is 2.43. The van der Waals surface area contributed by atoms with Gasteiger partial charge in [0.25, 0.3) is 5.56 Å². The Bertz CT molecular complexity index is 837. The van der Waals surface area contributed by atoms with Gasteiger partial charge in [-0.1, -0.05) is 0 Å². The molecular formula is C13H10F4N2O3. The van der Waals surface area contributed by atoms with Crippen LogP contribution in [0, 0.1) is 5.82 Å². The van der Waals surface area contributed by atoms with Gasteiger partial charge in [-0.25, -0.2) is 13.8 Å². The van der Waals surface area contributed by atoms with E-state index in [4.69, 9.17) is 4.74 Å². The van der Waals surface area contributed by atoms with E-state index in [1.165, 1.54) is 13.2 Å². The molecule has 9 heteroatoms. The molecular weight excluding hydrogens is 308 g/mol. The monoisotopic (exact) mass is 318 g/mol. The van der Waals surface area contributed by atoms with Gasteiger partial charge in [-0.2, -0.15) is 13.2 Å². The minimum Gasteiger partial charge on any atom is -0.497 e. The van der Waals surface area contributed by atoms with Gasteiger partial charge in [0, 0.05) is 19.2 Å². The van der Waals surface area contributed by atoms with Crippen LogP contribution < -0.4 is 16.0 Å². The van der Waals surface area contributed by atoms with E-state index in [0.717, 1.165) is 19.2 Å². The van der Waals surface area contributed by atoms with Gasteiger partial charge in [-0.3, -0.25) is 9.36 Å². The van der Waals surface area contributed by atoms with Crippen LogP contribution in [0.5, 0.6) is 5.75 Å². The minimum absolute atomic E-state index is 0.137. The molecule has 0 saturated heterocycles. The minimum atomic E-state index is -4.87. The van der Waals surface area contributed by atoms with Crippen molar-refractivity contribution in [3.05, 3.63) is 56.6 Å². The molecule has 0 aliphatic heterocycles. The molecule has 0 spiro atoms. The van der Waals surface area contributed by atoms with Gasteiger partial charge in [0.05, 0.1) is 12.8 Å². The first-order valence-electron chi connectivity index (χ1n) is 5.91. The lowest BCUT2D eigenvalue weighted by molar-refractivity contribution is -0.144. The third-order valence-corrected chi connectivity index (χ3v) is 3.01. The number of hydrogen-bond donors (Lipinski definition) is 0. The zero-order valence-corrected chi connectivity index (χ0v) is 11.4. The molecule has 2 aromatic rings. The molecule has 0 unspecified atom stereocenters. The highest BCUT2D eigenvalue weighted by Gasteiger charge is 2.35. The lowest BCUT2D eigenvalue weighted by Crippen LogP contribution is -2.41. The van der Waals surface area contributed by atoms with Gasteiger partial charge in [-0.15, -0.1) is 0 Å². The summed E-state index contributed by atoms with van der Waals surface area (Å²) in [4.78, 5) is 23.8. The number of methoxy groups -OCH3 is 1. The number of alkyl halides is 3. The Morgan fingerprint density at radius 3 is 2.27 bits per heavy atom. The molecule has 0 bridgehead atoms. The number of aromatic nitrogens is 2. The number of rotatable bonds is 2. The Labute approximate surface area is 121 Å². The summed E-state index contributed by atoms with van der Waals surface area (Å²) in [7, 11) is 2.14. The highest BCUT2D eigenvalue weighted by Crippen LogP contribution is 2.27. The number of ether oxygens (including phenoxy) is 1. The molecule has 0 radical (unpaired) electrons. The van der Waals surface area contributed by atoms with Gasteiger partial charge >= 0.3 is 11.9 Å². The number of hydrogen-bond acceptors (Lipinski definition) is 3. The maximum Gasteiger partial charge on any atom is 0.431 e. The predicted molar refractivity (Wildman–Crippen MR) is 68.8 cm³/mol. The van der Waals surface area contributed by atoms with Crippen molar-refractivity contribution in [3.8, 4) is 11.4 Å². The Hall–Kier alpha value is -2.58. The van der Waals surface area contributed by atoms with Crippen molar-refractivity contribution in [2.24, 2.45) is 7.05 Å². The molecule has 0 aliphatic carbocycles. The quantitative estimate of drug-likeness (QED) is 0.792. The van der Waals surface area contributed by atoms with Crippen LogP contribution in [0.25, 0.3) is 5.69 Å². The molecule has 1 heterocycles. The fraction of sp³-hybridized carbons (Fsp3) is 0.231. The summed E-state index contributed by atoms with van der Waals surface area (Å²) in [5, 5.41) is 0. The van der Waals surface area contributed by atoms with E-state index in [1.54, 1.807) is 0 Å². The molecule has 22 heavy (non-hydrogen) atoms. The van der Waals surface area contributed by atoms with Crippen LogP contribution in [0.4, 0.5) is 17.6 Å². The molecule has 0 aliphatic rings. The van der Waals surface area contributed by atoms with Crippen molar-refractivity contribution < 1.29 is 22.3 Å². The molecule has 0 saturated carbocycles. The third kappa shape index (κ3) is 2.61. The van der Waals surface area contributed by atoms with Crippen LogP contribution in [-0.4, -0.2) is 16.2 Å². The van der Waals surface area contributed by atoms with E-state index in [-0.39, 0.29) is 16.4 Å². The number of nitrogens with zero attached hydrogens (tertiary/aromatic N) is 2. The van der Waals surface area contributed by atoms with Gasteiger partial charge < -0.3 is 4.74 Å². The summed E-state index contributed by atoms with van der Waals surface area (Å²) >= 11 is 0. The van der Waals surface area contributed by atoms with Crippen LogP contribution >= 0.6 is 0 Å². The summed E-state index contributed by atoms with van der Waals surface area (Å²) in [6, 6.07) is 3.51. The SMILES string of the molecule is COc1ccc(-n2c(=O)cc(C(F)(F)F)n(C)c2=O)c(F)c1. The Morgan fingerprint density at radius 1 is 1.14 bits per heavy atom. The van der Waals surface area contributed by atoms with Crippen LogP contribution in [0.2, 0.25) is 0 Å². The van der Waals surface area contributed by atoms with E-state index in [2.05, 4.69) is 0 Å². The van der Waals surface area contributed by atoms with Gasteiger partial charge in [0.15, 0.2) is 5.82 Å². The van der Waals surface area contributed by atoms with Crippen molar-refractivity contribution >= 4 is 0 Å². The van der Waals surface area contributed by atoms with Crippen LogP contribution in [-0.2, 0) is 13.2 Å². The Morgan fingerprint density at radius 2 is 1.77 bits per heavy atom. The lowest BCUT2D eigenvalue weighted by Gasteiger charge is -2.14. The second-order valence-electron chi connectivity index (χ2n) is 4.36. The van der Waals surface area contributed by atoms with Gasteiger partial charge in [0.2, 0.25) is 0 Å². The maximum absolute atomic E-state index is 13.9. The predicted octanol–water partition coefficient (Wildman–Crippen LogP) is 1.70. The smallest absolute Gasteiger partial charge is 0.431 e. The molecule has 0 fully saturated rings. The molecule has 118 valence electrons. The third-order valence-electron chi connectivity index (χ3n) is 3.01. The molecule has 0 atom stereocenters. The molecule has 1 aromatic heterocycles. The first-order valence-corrected chi connectivity index (χ1v) is 5.91. The maximum atomic E-state index is 13.9. The normalized spacial score (nSPS) is 11.5. The zero-order valence-electron chi connectivity index (χ0n) is 11.4. The topological polar surface area (TPSA) is 53.2 Å². The summed E-state index contributed by atoms with van der Waals surface area (Å²) in [6.07, 6.45) is -4.87. The molecule has 0 N–H and O–H groups in total. The molecule has 2 rings (SSSR count). The molecule has 0 amide bonds. The standard InChI is InChI=1S/C13H10F4N2O3/c1-18-10(13(15,16)17)6-11(20)19(12(18)21)9-4-3-7(22-2)5-8(9)14/h3-6H,1-2H3. The van der Waals surface area contributed by atoms with Gasteiger partial charge in [-0.05, 0) is 12.1 Å². The second-order valence-corrected chi connectivity index (χ2v) is 4.36. The van der Waals surface area contributed by atoms with Crippen LogP contribution in [0.3, 0.4) is 0 Å². The van der Waals surface area contributed by atoms with E-state index < -0.39 is 34.6 Å². The van der Waals surface area contributed by atoms with E-state index in [9.17, 15) is 27.2 Å².